The third-order valence-electron chi connectivity index (χ3n) is 6.42. The van der Waals surface area contributed by atoms with Crippen LogP contribution < -0.4 is 15.4 Å². The maximum absolute atomic E-state index is 13.2. The first kappa shape index (κ1) is 26.1. The Kier molecular flexibility index (Phi) is 7.40. The number of ether oxygens (including phenoxy) is 2. The summed E-state index contributed by atoms with van der Waals surface area (Å²) >= 11 is 0. The molecule has 4 N–H and O–H groups in total. The van der Waals surface area contributed by atoms with Gasteiger partial charge in [-0.1, -0.05) is 13.8 Å². The number of carbonyl (C=O) groups is 3. The highest BCUT2D eigenvalue weighted by Gasteiger charge is 2.54. The minimum Gasteiger partial charge on any atom is -0.487 e. The van der Waals surface area contributed by atoms with Gasteiger partial charge in [0, 0.05) is 17.5 Å². The summed E-state index contributed by atoms with van der Waals surface area (Å²) in [6.45, 7) is 10.4. The van der Waals surface area contributed by atoms with E-state index >= 15 is 0 Å². The molecule has 0 radical (unpaired) electrons. The van der Waals surface area contributed by atoms with Crippen molar-refractivity contribution in [2.75, 3.05) is 19.8 Å². The predicted octanol–water partition coefficient (Wildman–Crippen LogP) is 0.969. The van der Waals surface area contributed by atoms with Crippen LogP contribution in [-0.4, -0.2) is 70.9 Å². The Morgan fingerprint density at radius 3 is 2.29 bits per heavy atom. The highest BCUT2D eigenvalue weighted by atomic mass is 16.6. The van der Waals surface area contributed by atoms with Crippen molar-refractivity contribution in [2.45, 2.75) is 77.7 Å². The van der Waals surface area contributed by atoms with E-state index in [1.54, 1.807) is 6.92 Å². The molecule has 0 bridgehead atoms. The molecule has 2 amide bonds. The first-order valence-electron chi connectivity index (χ1n) is 11.7. The lowest BCUT2D eigenvalue weighted by Crippen LogP contribution is -2.55. The number of hydrogen-bond acceptors (Lipinski definition) is 7. The Bertz CT molecular complexity index is 982. The third-order valence-corrected chi connectivity index (χ3v) is 6.42. The van der Waals surface area contributed by atoms with Crippen LogP contribution in [0.1, 0.15) is 61.2 Å². The van der Waals surface area contributed by atoms with Crippen molar-refractivity contribution in [2.24, 2.45) is 5.92 Å². The second kappa shape index (κ2) is 9.64. The monoisotopic (exact) mass is 476 g/mol. The predicted molar refractivity (Wildman–Crippen MR) is 125 cm³/mol. The summed E-state index contributed by atoms with van der Waals surface area (Å²) in [6, 6.07) is -0.336. The molecule has 0 aliphatic carbocycles. The molecule has 0 saturated carbocycles. The van der Waals surface area contributed by atoms with Crippen molar-refractivity contribution in [3.8, 4) is 5.75 Å². The number of ketones is 1. The normalized spacial score (nSPS) is 21.9. The Morgan fingerprint density at radius 2 is 1.76 bits per heavy atom. The summed E-state index contributed by atoms with van der Waals surface area (Å²) < 4.78 is 11.1. The van der Waals surface area contributed by atoms with Gasteiger partial charge in [-0.2, -0.15) is 0 Å². The minimum atomic E-state index is -1.28. The van der Waals surface area contributed by atoms with E-state index in [-0.39, 0.29) is 18.1 Å². The van der Waals surface area contributed by atoms with Crippen LogP contribution in [0, 0.1) is 19.8 Å². The molecular weight excluding hydrogens is 440 g/mol. The fourth-order valence-corrected chi connectivity index (χ4v) is 4.52. The minimum absolute atomic E-state index is 0.0779. The van der Waals surface area contributed by atoms with Gasteiger partial charge in [0.25, 0.3) is 5.91 Å². The van der Waals surface area contributed by atoms with Gasteiger partial charge in [0.05, 0.1) is 25.9 Å². The number of amides is 2. The van der Waals surface area contributed by atoms with E-state index in [1.165, 1.54) is 0 Å². The van der Waals surface area contributed by atoms with E-state index < -0.39 is 48.5 Å². The fourth-order valence-electron chi connectivity index (χ4n) is 4.52. The van der Waals surface area contributed by atoms with Gasteiger partial charge < -0.3 is 30.3 Å². The van der Waals surface area contributed by atoms with Crippen LogP contribution in [-0.2, 0) is 20.7 Å². The summed E-state index contributed by atoms with van der Waals surface area (Å²) in [5, 5.41) is 24.6. The van der Waals surface area contributed by atoms with Crippen molar-refractivity contribution in [3.63, 3.8) is 0 Å². The van der Waals surface area contributed by atoms with Crippen molar-refractivity contribution < 1.29 is 34.1 Å². The van der Waals surface area contributed by atoms with Crippen LogP contribution in [0.3, 0.4) is 0 Å². The molecule has 3 atom stereocenters. The lowest BCUT2D eigenvalue weighted by atomic mass is 9.91. The number of nitrogens with one attached hydrogen (secondary N) is 2. The highest BCUT2D eigenvalue weighted by molar-refractivity contribution is 6.02. The molecule has 2 heterocycles. The van der Waals surface area contributed by atoms with Gasteiger partial charge in [-0.25, -0.2) is 0 Å². The smallest absolute Gasteiger partial charge is 0.252 e. The molecule has 188 valence electrons. The zero-order valence-electron chi connectivity index (χ0n) is 20.8. The van der Waals surface area contributed by atoms with E-state index in [0.29, 0.717) is 24.0 Å². The van der Waals surface area contributed by atoms with Gasteiger partial charge in [0.2, 0.25) is 5.91 Å². The molecule has 2 aliphatic heterocycles. The molecule has 1 saturated heterocycles. The summed E-state index contributed by atoms with van der Waals surface area (Å²) in [6.07, 6.45) is 0.993. The summed E-state index contributed by atoms with van der Waals surface area (Å²) in [5.74, 6) is -0.740. The molecule has 2 unspecified atom stereocenters. The van der Waals surface area contributed by atoms with E-state index in [2.05, 4.69) is 10.6 Å². The highest BCUT2D eigenvalue weighted by Crippen LogP contribution is 2.39. The van der Waals surface area contributed by atoms with Crippen LogP contribution in [0.5, 0.6) is 5.75 Å². The first-order chi connectivity index (χ1) is 15.8. The molecule has 34 heavy (non-hydrogen) atoms. The SMILES string of the molecule is Cc1cc2c(c(C)c1C(=O)N[C@@H](CO)C(=O)NC(CC(C)C)C(=O)C1(CO)CO1)CC(C)(C)O2. The Hall–Kier alpha value is -2.49. The van der Waals surface area contributed by atoms with E-state index in [4.69, 9.17) is 9.47 Å². The summed E-state index contributed by atoms with van der Waals surface area (Å²) in [4.78, 5) is 39.0. The quantitative estimate of drug-likeness (QED) is 0.369. The zero-order valence-corrected chi connectivity index (χ0v) is 20.8. The maximum Gasteiger partial charge on any atom is 0.252 e. The number of benzene rings is 1. The molecule has 0 spiro atoms. The number of hydrogen-bond donors (Lipinski definition) is 4. The molecule has 2 aliphatic rings. The van der Waals surface area contributed by atoms with Crippen LogP contribution in [0.2, 0.25) is 0 Å². The van der Waals surface area contributed by atoms with Crippen molar-refractivity contribution in [1.82, 2.24) is 10.6 Å². The Balaban J connectivity index is 1.76. The molecule has 1 fully saturated rings. The lowest BCUT2D eigenvalue weighted by Gasteiger charge is -2.25. The standard InChI is InChI=1S/C25H36N2O7/c1-13(2)7-17(21(30)25(11-29)12-33-25)26-22(31)18(10-28)27-23(32)20-14(3)8-19-16(15(20)4)9-24(5,6)34-19/h8,13,17-18,28-29H,7,9-12H2,1-6H3,(H,26,31)(H,27,32)/t17?,18-,25?/m0/s1. The lowest BCUT2D eigenvalue weighted by molar-refractivity contribution is -0.133. The number of fused-ring (bicyclic) bond motifs is 1. The van der Waals surface area contributed by atoms with Gasteiger partial charge in [-0.15, -0.1) is 0 Å². The Labute approximate surface area is 200 Å². The second-order valence-electron chi connectivity index (χ2n) is 10.4. The van der Waals surface area contributed by atoms with E-state index in [9.17, 15) is 24.6 Å². The molecule has 9 heteroatoms. The van der Waals surface area contributed by atoms with Crippen molar-refractivity contribution >= 4 is 17.6 Å². The van der Waals surface area contributed by atoms with Gasteiger partial charge in [0.1, 0.15) is 17.4 Å². The van der Waals surface area contributed by atoms with Gasteiger partial charge >= 0.3 is 0 Å². The number of rotatable bonds is 10. The Morgan fingerprint density at radius 1 is 1.12 bits per heavy atom. The van der Waals surface area contributed by atoms with Gasteiger partial charge in [-0.3, -0.25) is 14.4 Å². The molecule has 0 aromatic heterocycles. The van der Waals surface area contributed by atoms with Crippen LogP contribution in [0.4, 0.5) is 0 Å². The number of aliphatic hydroxyl groups excluding tert-OH is 2. The van der Waals surface area contributed by atoms with Crippen LogP contribution in [0.25, 0.3) is 0 Å². The molecular formula is C25H36N2O7. The third kappa shape index (κ3) is 5.26. The van der Waals surface area contributed by atoms with Crippen molar-refractivity contribution in [1.29, 1.82) is 0 Å². The maximum atomic E-state index is 13.2. The zero-order chi connectivity index (χ0) is 25.4. The number of aliphatic hydroxyl groups is 2. The first-order valence-corrected chi connectivity index (χ1v) is 11.7. The van der Waals surface area contributed by atoms with E-state index in [0.717, 1.165) is 16.9 Å². The van der Waals surface area contributed by atoms with Crippen LogP contribution >= 0.6 is 0 Å². The van der Waals surface area contributed by atoms with Gasteiger partial charge in [0.15, 0.2) is 11.4 Å². The summed E-state index contributed by atoms with van der Waals surface area (Å²) in [5.41, 5.74) is 1.22. The number of Topliss-reactive ketones (excluding diaryl/α,β-unsaturated/α-hetero) is 1. The topological polar surface area (TPSA) is 137 Å². The largest absolute Gasteiger partial charge is 0.487 e. The summed E-state index contributed by atoms with van der Waals surface area (Å²) in [7, 11) is 0. The molecule has 9 nitrogen and oxygen atoms in total. The molecule has 1 aromatic rings. The second-order valence-corrected chi connectivity index (χ2v) is 10.4. The molecule has 1 aromatic carbocycles. The number of epoxide rings is 1. The number of carbonyl (C=O) groups excluding carboxylic acids is 3. The van der Waals surface area contributed by atoms with Gasteiger partial charge in [-0.05, 0) is 57.2 Å². The average molecular weight is 477 g/mol. The molecule has 3 rings (SSSR count). The fraction of sp³-hybridized carbons (Fsp3) is 0.640. The van der Waals surface area contributed by atoms with E-state index in [1.807, 2.05) is 40.7 Å². The number of aryl methyl sites for hydroxylation is 1. The average Bonchev–Trinajstić information content (AvgIpc) is 3.48. The van der Waals surface area contributed by atoms with Crippen LogP contribution in [0.15, 0.2) is 6.07 Å². The van der Waals surface area contributed by atoms with Crippen molar-refractivity contribution in [3.05, 3.63) is 28.3 Å².